The number of hydrogen-bond acceptors (Lipinski definition) is 1. The zero-order valence-corrected chi connectivity index (χ0v) is 8.26. The second-order valence-electron chi connectivity index (χ2n) is 4.54. The second-order valence-corrected chi connectivity index (χ2v) is 4.54. The number of likely N-dealkylation sites (tertiary alicyclic amines) is 1. The molecule has 2 aliphatic rings. The minimum absolute atomic E-state index is 1.07. The van der Waals surface area contributed by atoms with Crippen LogP contribution in [0.1, 0.15) is 39.0 Å². The summed E-state index contributed by atoms with van der Waals surface area (Å²) in [6.07, 6.45) is 7.37. The highest BCUT2D eigenvalue weighted by atomic mass is 15.1. The van der Waals surface area contributed by atoms with Crippen molar-refractivity contribution in [3.63, 3.8) is 0 Å². The van der Waals surface area contributed by atoms with E-state index in [1.54, 1.807) is 0 Å². The van der Waals surface area contributed by atoms with E-state index in [-0.39, 0.29) is 0 Å². The number of rotatable bonds is 3. The summed E-state index contributed by atoms with van der Waals surface area (Å²) in [5, 5.41) is 0. The van der Waals surface area contributed by atoms with Gasteiger partial charge in [-0.15, -0.1) is 0 Å². The summed E-state index contributed by atoms with van der Waals surface area (Å²) in [4.78, 5) is 2.67. The fraction of sp³-hybridized carbons (Fsp3) is 1.00. The topological polar surface area (TPSA) is 3.24 Å². The van der Waals surface area contributed by atoms with E-state index in [0.717, 1.165) is 11.8 Å². The van der Waals surface area contributed by atoms with Crippen LogP contribution in [0.4, 0.5) is 0 Å². The molecule has 2 fully saturated rings. The van der Waals surface area contributed by atoms with Crippen LogP contribution in [-0.2, 0) is 0 Å². The van der Waals surface area contributed by atoms with Crippen LogP contribution in [0, 0.1) is 11.8 Å². The van der Waals surface area contributed by atoms with Crippen molar-refractivity contribution in [2.75, 3.05) is 19.6 Å². The number of nitrogens with zero attached hydrogens (tertiary/aromatic N) is 1. The lowest BCUT2D eigenvalue weighted by Crippen LogP contribution is -2.36. The quantitative estimate of drug-likeness (QED) is 0.624. The van der Waals surface area contributed by atoms with E-state index >= 15 is 0 Å². The Labute approximate surface area is 76.1 Å². The molecular weight excluding hydrogens is 146 g/mol. The third kappa shape index (κ3) is 2.01. The summed E-state index contributed by atoms with van der Waals surface area (Å²) in [5.74, 6) is 2.20. The Morgan fingerprint density at radius 3 is 2.67 bits per heavy atom. The lowest BCUT2D eigenvalue weighted by molar-refractivity contribution is 0.161. The maximum atomic E-state index is 2.67. The molecule has 70 valence electrons. The van der Waals surface area contributed by atoms with E-state index < -0.39 is 0 Å². The first kappa shape index (κ1) is 8.55. The van der Waals surface area contributed by atoms with Crippen LogP contribution in [-0.4, -0.2) is 24.5 Å². The average molecular weight is 167 g/mol. The summed E-state index contributed by atoms with van der Waals surface area (Å²) >= 11 is 0. The molecule has 1 atom stereocenters. The Balaban J connectivity index is 1.77. The Hall–Kier alpha value is -0.0400. The maximum Gasteiger partial charge on any atom is 0.00123 e. The molecule has 1 heteroatoms. The zero-order chi connectivity index (χ0) is 8.39. The van der Waals surface area contributed by atoms with Crippen molar-refractivity contribution < 1.29 is 0 Å². The molecule has 1 saturated carbocycles. The molecule has 0 spiro atoms. The standard InChI is InChI=1S/C11H21N/c1-2-7-12-8-3-4-11(9-12)10-5-6-10/h10-11H,2-9H2,1H3. The Kier molecular flexibility index (Phi) is 2.69. The largest absolute Gasteiger partial charge is 0.303 e. The molecule has 0 amide bonds. The molecule has 0 bridgehead atoms. The van der Waals surface area contributed by atoms with E-state index in [1.165, 1.54) is 51.7 Å². The van der Waals surface area contributed by atoms with Crippen LogP contribution >= 0.6 is 0 Å². The fourth-order valence-electron chi connectivity index (χ4n) is 2.56. The van der Waals surface area contributed by atoms with E-state index in [4.69, 9.17) is 0 Å². The van der Waals surface area contributed by atoms with Crippen LogP contribution in [0.3, 0.4) is 0 Å². The first-order valence-electron chi connectivity index (χ1n) is 5.62. The highest BCUT2D eigenvalue weighted by Gasteiger charge is 2.33. The van der Waals surface area contributed by atoms with Gasteiger partial charge >= 0.3 is 0 Å². The van der Waals surface area contributed by atoms with Crippen molar-refractivity contribution in [3.05, 3.63) is 0 Å². The first-order chi connectivity index (χ1) is 5.90. The van der Waals surface area contributed by atoms with Crippen LogP contribution in [0.25, 0.3) is 0 Å². The third-order valence-corrected chi connectivity index (χ3v) is 3.37. The lowest BCUT2D eigenvalue weighted by atomic mass is 9.93. The monoisotopic (exact) mass is 167 g/mol. The van der Waals surface area contributed by atoms with Gasteiger partial charge in [0.15, 0.2) is 0 Å². The molecule has 1 nitrogen and oxygen atoms in total. The van der Waals surface area contributed by atoms with Crippen molar-refractivity contribution in [1.29, 1.82) is 0 Å². The minimum Gasteiger partial charge on any atom is -0.303 e. The van der Waals surface area contributed by atoms with E-state index in [0.29, 0.717) is 0 Å². The van der Waals surface area contributed by atoms with Crippen molar-refractivity contribution >= 4 is 0 Å². The molecule has 2 rings (SSSR count). The summed E-state index contributed by atoms with van der Waals surface area (Å²) in [7, 11) is 0. The molecule has 1 unspecified atom stereocenters. The third-order valence-electron chi connectivity index (χ3n) is 3.37. The molecule has 1 saturated heterocycles. The molecule has 0 radical (unpaired) electrons. The molecule has 0 aromatic rings. The SMILES string of the molecule is CCCN1CCCC(C2CC2)C1. The summed E-state index contributed by atoms with van der Waals surface area (Å²) in [5.41, 5.74) is 0. The Morgan fingerprint density at radius 2 is 2.00 bits per heavy atom. The lowest BCUT2D eigenvalue weighted by Gasteiger charge is -2.32. The molecule has 1 aliphatic carbocycles. The van der Waals surface area contributed by atoms with E-state index in [9.17, 15) is 0 Å². The van der Waals surface area contributed by atoms with Gasteiger partial charge in [-0.05, 0) is 57.0 Å². The molecule has 1 heterocycles. The van der Waals surface area contributed by atoms with Gasteiger partial charge in [-0.3, -0.25) is 0 Å². The van der Waals surface area contributed by atoms with Crippen molar-refractivity contribution in [2.24, 2.45) is 11.8 Å². The van der Waals surface area contributed by atoms with Crippen molar-refractivity contribution in [1.82, 2.24) is 4.90 Å². The summed E-state index contributed by atoms with van der Waals surface area (Å²) in [6.45, 7) is 6.42. The van der Waals surface area contributed by atoms with Gasteiger partial charge in [-0.1, -0.05) is 6.92 Å². The summed E-state index contributed by atoms with van der Waals surface area (Å²) in [6, 6.07) is 0. The van der Waals surface area contributed by atoms with Crippen molar-refractivity contribution in [3.8, 4) is 0 Å². The van der Waals surface area contributed by atoms with Crippen LogP contribution in [0.5, 0.6) is 0 Å². The van der Waals surface area contributed by atoms with Crippen LogP contribution in [0.15, 0.2) is 0 Å². The van der Waals surface area contributed by atoms with Crippen molar-refractivity contribution in [2.45, 2.75) is 39.0 Å². The zero-order valence-electron chi connectivity index (χ0n) is 8.26. The average Bonchev–Trinajstić information content (AvgIpc) is 2.88. The molecule has 1 aliphatic heterocycles. The second kappa shape index (κ2) is 3.78. The fourth-order valence-corrected chi connectivity index (χ4v) is 2.56. The van der Waals surface area contributed by atoms with Gasteiger partial charge in [0.1, 0.15) is 0 Å². The van der Waals surface area contributed by atoms with Gasteiger partial charge in [0.05, 0.1) is 0 Å². The molecule has 0 aromatic heterocycles. The van der Waals surface area contributed by atoms with E-state index in [2.05, 4.69) is 11.8 Å². The van der Waals surface area contributed by atoms with Gasteiger partial charge in [0, 0.05) is 6.54 Å². The van der Waals surface area contributed by atoms with Gasteiger partial charge in [0.2, 0.25) is 0 Å². The first-order valence-corrected chi connectivity index (χ1v) is 5.62. The molecule has 12 heavy (non-hydrogen) atoms. The molecule has 0 aromatic carbocycles. The maximum absolute atomic E-state index is 2.67. The van der Waals surface area contributed by atoms with Gasteiger partial charge in [-0.2, -0.15) is 0 Å². The van der Waals surface area contributed by atoms with Gasteiger partial charge in [-0.25, -0.2) is 0 Å². The Morgan fingerprint density at radius 1 is 1.17 bits per heavy atom. The van der Waals surface area contributed by atoms with Crippen LogP contribution < -0.4 is 0 Å². The predicted molar refractivity (Wildman–Crippen MR) is 52.2 cm³/mol. The molecule has 0 N–H and O–H groups in total. The minimum atomic E-state index is 1.07. The van der Waals surface area contributed by atoms with Gasteiger partial charge < -0.3 is 4.90 Å². The summed E-state index contributed by atoms with van der Waals surface area (Å²) < 4.78 is 0. The Bertz CT molecular complexity index is 138. The number of piperidine rings is 1. The van der Waals surface area contributed by atoms with Gasteiger partial charge in [0.25, 0.3) is 0 Å². The number of hydrogen-bond donors (Lipinski definition) is 0. The smallest absolute Gasteiger partial charge is 0.00123 e. The van der Waals surface area contributed by atoms with Crippen LogP contribution in [0.2, 0.25) is 0 Å². The highest BCUT2D eigenvalue weighted by Crippen LogP contribution is 2.40. The van der Waals surface area contributed by atoms with E-state index in [1.807, 2.05) is 0 Å². The normalized spacial score (nSPS) is 32.2. The highest BCUT2D eigenvalue weighted by molar-refractivity contribution is 4.85. The predicted octanol–water partition coefficient (Wildman–Crippen LogP) is 2.52. The molecular formula is C11H21N.